The van der Waals surface area contributed by atoms with Gasteiger partial charge in [0, 0.05) is 25.3 Å². The molecule has 1 saturated heterocycles. The predicted molar refractivity (Wildman–Crippen MR) is 77.8 cm³/mol. The van der Waals surface area contributed by atoms with Gasteiger partial charge in [0.1, 0.15) is 6.04 Å². The van der Waals surface area contributed by atoms with Gasteiger partial charge in [-0.05, 0) is 12.8 Å². The fourth-order valence-electron chi connectivity index (χ4n) is 2.85. The quantitative estimate of drug-likeness (QED) is 0.787. The largest absolute Gasteiger partial charge is 0.343 e. The van der Waals surface area contributed by atoms with Crippen LogP contribution in [0.1, 0.15) is 32.1 Å². The average molecular weight is 295 g/mol. The summed E-state index contributed by atoms with van der Waals surface area (Å²) in [7, 11) is 1.71. The van der Waals surface area contributed by atoms with Gasteiger partial charge in [-0.25, -0.2) is 0 Å². The number of hydrogen-bond donors (Lipinski definition) is 0. The van der Waals surface area contributed by atoms with E-state index in [0.29, 0.717) is 24.6 Å². The molecule has 1 atom stereocenters. The number of thioether (sulfide) groups is 1. The van der Waals surface area contributed by atoms with E-state index in [9.17, 15) is 9.59 Å². The molecule has 2 rings (SSSR count). The van der Waals surface area contributed by atoms with Crippen molar-refractivity contribution in [3.05, 3.63) is 0 Å². The second-order valence-corrected chi connectivity index (χ2v) is 6.47. The van der Waals surface area contributed by atoms with E-state index in [1.165, 1.54) is 0 Å². The van der Waals surface area contributed by atoms with Crippen molar-refractivity contribution in [2.24, 2.45) is 5.92 Å². The zero-order valence-electron chi connectivity index (χ0n) is 11.9. The monoisotopic (exact) mass is 295 g/mol. The van der Waals surface area contributed by atoms with E-state index >= 15 is 0 Å². The van der Waals surface area contributed by atoms with Gasteiger partial charge in [-0.2, -0.15) is 5.26 Å². The van der Waals surface area contributed by atoms with Gasteiger partial charge in [0.15, 0.2) is 0 Å². The molecule has 0 aromatic heterocycles. The van der Waals surface area contributed by atoms with Crippen LogP contribution < -0.4 is 0 Å². The SMILES string of the molecule is CN(CCC#N)C(=O)C1CSCN1C(=O)C1CCCC1. The Morgan fingerprint density at radius 3 is 2.75 bits per heavy atom. The Kier molecular flexibility index (Phi) is 5.30. The highest BCUT2D eigenvalue weighted by molar-refractivity contribution is 7.99. The Balaban J connectivity index is 1.97. The first-order chi connectivity index (χ1) is 9.65. The molecule has 0 N–H and O–H groups in total. The van der Waals surface area contributed by atoms with Crippen LogP contribution in [0.15, 0.2) is 0 Å². The maximum atomic E-state index is 12.5. The van der Waals surface area contributed by atoms with E-state index in [-0.39, 0.29) is 23.8 Å². The molecule has 6 heteroatoms. The van der Waals surface area contributed by atoms with Gasteiger partial charge in [-0.1, -0.05) is 12.8 Å². The Hall–Kier alpha value is -1.22. The topological polar surface area (TPSA) is 64.4 Å². The van der Waals surface area contributed by atoms with Crippen molar-refractivity contribution < 1.29 is 9.59 Å². The van der Waals surface area contributed by atoms with Crippen LogP contribution in [-0.4, -0.2) is 52.9 Å². The van der Waals surface area contributed by atoms with E-state index in [4.69, 9.17) is 5.26 Å². The molecule has 2 amide bonds. The van der Waals surface area contributed by atoms with E-state index in [1.54, 1.807) is 28.6 Å². The Morgan fingerprint density at radius 1 is 1.40 bits per heavy atom. The Bertz CT molecular complexity index is 415. The van der Waals surface area contributed by atoms with Crippen molar-refractivity contribution in [3.8, 4) is 6.07 Å². The fraction of sp³-hybridized carbons (Fsp3) is 0.786. The first kappa shape index (κ1) is 15.2. The van der Waals surface area contributed by atoms with Crippen molar-refractivity contribution in [3.63, 3.8) is 0 Å². The van der Waals surface area contributed by atoms with Crippen molar-refractivity contribution >= 4 is 23.6 Å². The van der Waals surface area contributed by atoms with Crippen LogP contribution in [0.4, 0.5) is 0 Å². The first-order valence-electron chi connectivity index (χ1n) is 7.15. The highest BCUT2D eigenvalue weighted by Gasteiger charge is 2.39. The lowest BCUT2D eigenvalue weighted by Crippen LogP contribution is -2.49. The van der Waals surface area contributed by atoms with Gasteiger partial charge >= 0.3 is 0 Å². The van der Waals surface area contributed by atoms with Gasteiger partial charge in [-0.3, -0.25) is 9.59 Å². The molecule has 1 aliphatic carbocycles. The van der Waals surface area contributed by atoms with E-state index in [2.05, 4.69) is 0 Å². The molecule has 1 unspecified atom stereocenters. The fourth-order valence-corrected chi connectivity index (χ4v) is 4.01. The molecule has 1 aliphatic heterocycles. The zero-order chi connectivity index (χ0) is 14.5. The summed E-state index contributed by atoms with van der Waals surface area (Å²) in [6.45, 7) is 0.432. The normalized spacial score (nSPS) is 22.8. The maximum Gasteiger partial charge on any atom is 0.246 e. The number of hydrogen-bond acceptors (Lipinski definition) is 4. The summed E-state index contributed by atoms with van der Waals surface area (Å²) in [6.07, 6.45) is 4.51. The minimum absolute atomic E-state index is 0.0309. The summed E-state index contributed by atoms with van der Waals surface area (Å²) < 4.78 is 0. The predicted octanol–water partition coefficient (Wildman–Crippen LogP) is 1.45. The third-order valence-corrected chi connectivity index (χ3v) is 5.10. The molecule has 0 aromatic carbocycles. The number of rotatable bonds is 4. The van der Waals surface area contributed by atoms with Crippen LogP contribution in [0, 0.1) is 17.2 Å². The summed E-state index contributed by atoms with van der Waals surface area (Å²) in [5.74, 6) is 1.54. The number of amides is 2. The zero-order valence-corrected chi connectivity index (χ0v) is 12.7. The number of carbonyl (C=O) groups is 2. The lowest BCUT2D eigenvalue weighted by Gasteiger charge is -2.28. The smallest absolute Gasteiger partial charge is 0.246 e. The van der Waals surface area contributed by atoms with Crippen LogP contribution in [0.3, 0.4) is 0 Å². The molecule has 1 heterocycles. The van der Waals surface area contributed by atoms with Crippen LogP contribution in [0.2, 0.25) is 0 Å². The molecular weight excluding hydrogens is 274 g/mol. The summed E-state index contributed by atoms with van der Waals surface area (Å²) >= 11 is 1.64. The standard InChI is InChI=1S/C14H21N3O2S/c1-16(8-4-7-15)14(19)12-9-20-10-17(12)13(18)11-5-2-3-6-11/h11-12H,2-6,8-10H2,1H3. The molecule has 0 bridgehead atoms. The molecule has 1 saturated carbocycles. The summed E-state index contributed by atoms with van der Waals surface area (Å²) in [6, 6.07) is 1.71. The van der Waals surface area contributed by atoms with Crippen molar-refractivity contribution in [1.82, 2.24) is 9.80 Å². The molecule has 2 fully saturated rings. The summed E-state index contributed by atoms with van der Waals surface area (Å²) in [4.78, 5) is 28.2. The van der Waals surface area contributed by atoms with E-state index < -0.39 is 0 Å². The molecule has 20 heavy (non-hydrogen) atoms. The third kappa shape index (κ3) is 3.26. The molecule has 110 valence electrons. The van der Waals surface area contributed by atoms with E-state index in [1.807, 2.05) is 6.07 Å². The number of likely N-dealkylation sites (N-methyl/N-ethyl adjacent to an activating group) is 1. The molecule has 0 spiro atoms. The molecule has 2 aliphatic rings. The second-order valence-electron chi connectivity index (χ2n) is 5.47. The van der Waals surface area contributed by atoms with Gasteiger partial charge in [0.05, 0.1) is 18.4 Å². The van der Waals surface area contributed by atoms with Crippen molar-refractivity contribution in [1.29, 1.82) is 5.26 Å². The second kappa shape index (κ2) is 6.98. The minimum atomic E-state index is -0.336. The van der Waals surface area contributed by atoms with Gasteiger partial charge in [-0.15, -0.1) is 11.8 Å². The van der Waals surface area contributed by atoms with Crippen LogP contribution in [0.5, 0.6) is 0 Å². The Labute approximate surface area is 124 Å². The maximum absolute atomic E-state index is 12.5. The molecular formula is C14H21N3O2S. The lowest BCUT2D eigenvalue weighted by molar-refractivity contribution is -0.144. The van der Waals surface area contributed by atoms with Gasteiger partial charge < -0.3 is 9.80 Å². The molecule has 0 radical (unpaired) electrons. The third-order valence-electron chi connectivity index (χ3n) is 4.09. The number of nitriles is 1. The summed E-state index contributed by atoms with van der Waals surface area (Å²) in [5, 5.41) is 8.59. The Morgan fingerprint density at radius 2 is 2.10 bits per heavy atom. The summed E-state index contributed by atoms with van der Waals surface area (Å²) in [5.41, 5.74) is 0. The lowest BCUT2D eigenvalue weighted by atomic mass is 10.1. The highest BCUT2D eigenvalue weighted by Crippen LogP contribution is 2.31. The number of nitrogens with zero attached hydrogens (tertiary/aromatic N) is 3. The average Bonchev–Trinajstić information content (AvgIpc) is 3.13. The first-order valence-corrected chi connectivity index (χ1v) is 8.30. The van der Waals surface area contributed by atoms with Crippen LogP contribution in [0.25, 0.3) is 0 Å². The van der Waals surface area contributed by atoms with Crippen LogP contribution in [-0.2, 0) is 9.59 Å². The van der Waals surface area contributed by atoms with Gasteiger partial charge in [0.2, 0.25) is 11.8 Å². The highest BCUT2D eigenvalue weighted by atomic mass is 32.2. The van der Waals surface area contributed by atoms with Crippen molar-refractivity contribution in [2.45, 2.75) is 38.1 Å². The van der Waals surface area contributed by atoms with Gasteiger partial charge in [0.25, 0.3) is 0 Å². The van der Waals surface area contributed by atoms with Crippen molar-refractivity contribution in [2.75, 3.05) is 25.2 Å². The molecule has 0 aromatic rings. The number of carbonyl (C=O) groups excluding carboxylic acids is 2. The van der Waals surface area contributed by atoms with Crippen LogP contribution >= 0.6 is 11.8 Å². The van der Waals surface area contributed by atoms with E-state index in [0.717, 1.165) is 25.7 Å². The minimum Gasteiger partial charge on any atom is -0.343 e. The molecule has 5 nitrogen and oxygen atoms in total.